The van der Waals surface area contributed by atoms with Crippen molar-refractivity contribution in [3.63, 3.8) is 0 Å². The summed E-state index contributed by atoms with van der Waals surface area (Å²) in [5.41, 5.74) is 2.18. The third-order valence-corrected chi connectivity index (χ3v) is 5.95. The van der Waals surface area contributed by atoms with Gasteiger partial charge in [0.25, 0.3) is 0 Å². The zero-order chi connectivity index (χ0) is 24.0. The van der Waals surface area contributed by atoms with E-state index in [4.69, 9.17) is 23.2 Å². The molecule has 0 N–H and O–H groups in total. The van der Waals surface area contributed by atoms with Crippen LogP contribution in [0.15, 0.2) is 78.9 Å². The van der Waals surface area contributed by atoms with Crippen molar-refractivity contribution < 1.29 is 13.2 Å². The first-order chi connectivity index (χ1) is 16.2. The number of rotatable bonds is 3. The van der Waals surface area contributed by atoms with Gasteiger partial charge in [0.05, 0.1) is 22.3 Å². The minimum atomic E-state index is -4.63. The highest BCUT2D eigenvalue weighted by Gasteiger charge is 2.36. The maximum atomic E-state index is 14.4. The van der Waals surface area contributed by atoms with E-state index < -0.39 is 11.7 Å². The predicted octanol–water partition coefficient (Wildman–Crippen LogP) is 8.39. The quantitative estimate of drug-likeness (QED) is 0.250. The molecule has 5 aromatic rings. The fourth-order valence-electron chi connectivity index (χ4n) is 3.81. The van der Waals surface area contributed by atoms with E-state index in [-0.39, 0.29) is 22.4 Å². The molecule has 0 aliphatic rings. The second kappa shape index (κ2) is 8.46. The highest BCUT2D eigenvalue weighted by atomic mass is 35.5. The van der Waals surface area contributed by atoms with Crippen LogP contribution in [0.25, 0.3) is 39.2 Å². The van der Waals surface area contributed by atoms with Crippen molar-refractivity contribution >= 4 is 34.2 Å². The molecule has 0 bridgehead atoms. The lowest BCUT2D eigenvalue weighted by molar-refractivity contribution is -0.136. The van der Waals surface area contributed by atoms with Gasteiger partial charge in [-0.15, -0.1) is 0 Å². The monoisotopic (exact) mass is 497 g/mol. The van der Waals surface area contributed by atoms with Gasteiger partial charge in [-0.05, 0) is 43.3 Å². The summed E-state index contributed by atoms with van der Waals surface area (Å²) in [4.78, 5) is 4.65. The van der Waals surface area contributed by atoms with Crippen LogP contribution in [-0.4, -0.2) is 14.8 Å². The Morgan fingerprint density at radius 3 is 2.12 bits per heavy atom. The molecule has 5 rings (SSSR count). The van der Waals surface area contributed by atoms with Crippen LogP contribution >= 0.6 is 23.2 Å². The lowest BCUT2D eigenvalue weighted by Crippen LogP contribution is -2.08. The van der Waals surface area contributed by atoms with Gasteiger partial charge in [0, 0.05) is 21.2 Å². The van der Waals surface area contributed by atoms with Crippen molar-refractivity contribution in [2.45, 2.75) is 13.1 Å². The molecular formula is C26H16Cl2F3N3. The topological polar surface area (TPSA) is 30.7 Å². The second-order valence-corrected chi connectivity index (χ2v) is 8.74. The Balaban J connectivity index is 1.89. The maximum absolute atomic E-state index is 14.4. The molecule has 3 nitrogen and oxygen atoms in total. The molecule has 3 aromatic carbocycles. The summed E-state index contributed by atoms with van der Waals surface area (Å²) in [6.45, 7) is 1.91. The first-order valence-electron chi connectivity index (χ1n) is 10.3. The third-order valence-electron chi connectivity index (χ3n) is 5.46. The molecule has 0 saturated carbocycles. The standard InChI is InChI=1S/C26H16Cl2F3N3/c1-15-5-7-16(8-6-15)22-14-21(26(29,30)31)23-24(17-9-11-18(27)12-10-17)33-34(25(23)32-22)20-4-2-3-19(28)13-20/h2-14H,1H3. The summed E-state index contributed by atoms with van der Waals surface area (Å²) >= 11 is 12.2. The minimum absolute atomic E-state index is 0.0811. The van der Waals surface area contributed by atoms with E-state index in [2.05, 4.69) is 10.1 Å². The number of alkyl halides is 3. The van der Waals surface area contributed by atoms with Crippen LogP contribution in [0.5, 0.6) is 0 Å². The van der Waals surface area contributed by atoms with Crippen LogP contribution in [0.2, 0.25) is 10.0 Å². The van der Waals surface area contributed by atoms with E-state index in [1.54, 1.807) is 60.7 Å². The molecule has 2 heterocycles. The largest absolute Gasteiger partial charge is 0.417 e. The number of benzene rings is 3. The molecule has 0 aliphatic heterocycles. The van der Waals surface area contributed by atoms with Gasteiger partial charge in [-0.25, -0.2) is 9.67 Å². The molecule has 2 aromatic heterocycles. The Kier molecular flexibility index (Phi) is 5.58. The van der Waals surface area contributed by atoms with E-state index in [1.165, 1.54) is 4.68 Å². The van der Waals surface area contributed by atoms with Crippen LogP contribution in [-0.2, 0) is 6.18 Å². The van der Waals surface area contributed by atoms with Crippen molar-refractivity contribution in [3.8, 4) is 28.2 Å². The number of hydrogen-bond acceptors (Lipinski definition) is 2. The summed E-state index contributed by atoms with van der Waals surface area (Å²) in [6.07, 6.45) is -4.63. The molecule has 8 heteroatoms. The molecule has 0 aliphatic carbocycles. The normalized spacial score (nSPS) is 11.8. The van der Waals surface area contributed by atoms with Crippen molar-refractivity contribution in [1.29, 1.82) is 0 Å². The first kappa shape index (κ1) is 22.4. The third kappa shape index (κ3) is 4.15. The van der Waals surface area contributed by atoms with Crippen LogP contribution < -0.4 is 0 Å². The number of aryl methyl sites for hydroxylation is 1. The van der Waals surface area contributed by atoms with Crippen molar-refractivity contribution in [3.05, 3.63) is 100 Å². The Morgan fingerprint density at radius 1 is 0.794 bits per heavy atom. The average Bonchev–Trinajstić information content (AvgIpc) is 3.18. The van der Waals surface area contributed by atoms with Gasteiger partial charge in [0.15, 0.2) is 5.65 Å². The number of hydrogen-bond donors (Lipinski definition) is 0. The van der Waals surface area contributed by atoms with Gasteiger partial charge in [-0.2, -0.15) is 18.3 Å². The molecule has 0 atom stereocenters. The summed E-state index contributed by atoms with van der Waals surface area (Å²) < 4.78 is 44.6. The summed E-state index contributed by atoms with van der Waals surface area (Å²) in [6, 6.07) is 21.5. The minimum Gasteiger partial charge on any atom is -0.228 e. The Hall–Kier alpha value is -3.35. The second-order valence-electron chi connectivity index (χ2n) is 7.86. The highest BCUT2D eigenvalue weighted by molar-refractivity contribution is 6.31. The number of pyridine rings is 1. The van der Waals surface area contributed by atoms with E-state index in [1.807, 2.05) is 19.1 Å². The van der Waals surface area contributed by atoms with Crippen molar-refractivity contribution in [2.75, 3.05) is 0 Å². The molecule has 0 saturated heterocycles. The molecule has 0 fully saturated rings. The smallest absolute Gasteiger partial charge is 0.228 e. The Labute approximate surface area is 203 Å². The van der Waals surface area contributed by atoms with Gasteiger partial charge >= 0.3 is 6.18 Å². The molecule has 0 amide bonds. The maximum Gasteiger partial charge on any atom is 0.417 e. The van der Waals surface area contributed by atoms with Gasteiger partial charge in [0.1, 0.15) is 5.69 Å². The highest BCUT2D eigenvalue weighted by Crippen LogP contribution is 2.41. The Bertz CT molecular complexity index is 1510. The lowest BCUT2D eigenvalue weighted by atomic mass is 10.0. The zero-order valence-corrected chi connectivity index (χ0v) is 19.2. The van der Waals surface area contributed by atoms with Gasteiger partial charge in [-0.1, -0.05) is 71.2 Å². The SMILES string of the molecule is Cc1ccc(-c2cc(C(F)(F)F)c3c(-c4ccc(Cl)cc4)nn(-c4cccc(Cl)c4)c3n2)cc1. The first-order valence-corrected chi connectivity index (χ1v) is 11.1. The number of nitrogens with zero attached hydrogens (tertiary/aromatic N) is 3. The fourth-order valence-corrected chi connectivity index (χ4v) is 4.12. The Morgan fingerprint density at radius 2 is 1.47 bits per heavy atom. The lowest BCUT2D eigenvalue weighted by Gasteiger charge is -2.12. The van der Waals surface area contributed by atoms with Crippen molar-refractivity contribution in [1.82, 2.24) is 14.8 Å². The van der Waals surface area contributed by atoms with Gasteiger partial charge in [-0.3, -0.25) is 0 Å². The van der Waals surface area contributed by atoms with E-state index in [0.717, 1.165) is 11.6 Å². The summed E-state index contributed by atoms with van der Waals surface area (Å²) in [7, 11) is 0. The molecule has 0 radical (unpaired) electrons. The van der Waals surface area contributed by atoms with Crippen LogP contribution in [0.3, 0.4) is 0 Å². The summed E-state index contributed by atoms with van der Waals surface area (Å²) in [5.74, 6) is 0. The number of aromatic nitrogens is 3. The fraction of sp³-hybridized carbons (Fsp3) is 0.0769. The molecule has 34 heavy (non-hydrogen) atoms. The molecular weight excluding hydrogens is 482 g/mol. The van der Waals surface area contributed by atoms with Crippen LogP contribution in [0, 0.1) is 6.92 Å². The molecule has 0 spiro atoms. The van der Waals surface area contributed by atoms with E-state index >= 15 is 0 Å². The van der Waals surface area contributed by atoms with Gasteiger partial charge in [0.2, 0.25) is 0 Å². The molecule has 0 unspecified atom stereocenters. The van der Waals surface area contributed by atoms with E-state index in [0.29, 0.717) is 26.9 Å². The predicted molar refractivity (Wildman–Crippen MR) is 129 cm³/mol. The van der Waals surface area contributed by atoms with Gasteiger partial charge < -0.3 is 0 Å². The summed E-state index contributed by atoms with van der Waals surface area (Å²) in [5, 5.41) is 5.39. The molecule has 170 valence electrons. The van der Waals surface area contributed by atoms with Crippen LogP contribution in [0.1, 0.15) is 11.1 Å². The van der Waals surface area contributed by atoms with Crippen molar-refractivity contribution in [2.24, 2.45) is 0 Å². The average molecular weight is 498 g/mol. The van der Waals surface area contributed by atoms with E-state index in [9.17, 15) is 13.2 Å². The van der Waals surface area contributed by atoms with Crippen LogP contribution in [0.4, 0.5) is 13.2 Å². The number of fused-ring (bicyclic) bond motifs is 1. The zero-order valence-electron chi connectivity index (χ0n) is 17.7. The number of halogens is 5.